The standard InChI is InChI=1S/C15H13BrN2OS/c1-8-3-2-4-9(5-8)20-13-7-12-10(6-11(13)16)14(17)15(19)18-12/h2-7,14H,17H2,1H3,(H,18,19). The zero-order valence-electron chi connectivity index (χ0n) is 10.8. The molecule has 1 aliphatic heterocycles. The molecule has 2 aromatic carbocycles. The fraction of sp³-hybridized carbons (Fsp3) is 0.133. The molecule has 102 valence electrons. The van der Waals surface area contributed by atoms with Crippen LogP contribution in [0.3, 0.4) is 0 Å². The zero-order chi connectivity index (χ0) is 14.3. The number of carbonyl (C=O) groups is 1. The highest BCUT2D eigenvalue weighted by Crippen LogP contribution is 2.40. The van der Waals surface area contributed by atoms with E-state index in [9.17, 15) is 4.79 Å². The van der Waals surface area contributed by atoms with Crippen molar-refractivity contribution < 1.29 is 4.79 Å². The molecule has 3 nitrogen and oxygen atoms in total. The number of benzene rings is 2. The molecule has 1 atom stereocenters. The predicted octanol–water partition coefficient (Wildman–Crippen LogP) is 3.86. The van der Waals surface area contributed by atoms with Crippen LogP contribution < -0.4 is 11.1 Å². The third kappa shape index (κ3) is 2.49. The summed E-state index contributed by atoms with van der Waals surface area (Å²) in [7, 11) is 0. The van der Waals surface area contributed by atoms with Gasteiger partial charge in [-0.25, -0.2) is 0 Å². The summed E-state index contributed by atoms with van der Waals surface area (Å²) in [6, 6.07) is 11.6. The molecule has 1 heterocycles. The highest BCUT2D eigenvalue weighted by Gasteiger charge is 2.28. The number of nitrogens with one attached hydrogen (secondary N) is 1. The van der Waals surface area contributed by atoms with Crippen molar-refractivity contribution >= 4 is 39.3 Å². The van der Waals surface area contributed by atoms with Gasteiger partial charge in [0.1, 0.15) is 6.04 Å². The van der Waals surface area contributed by atoms with Gasteiger partial charge in [0.05, 0.1) is 0 Å². The maximum Gasteiger partial charge on any atom is 0.245 e. The number of halogens is 1. The number of hydrogen-bond acceptors (Lipinski definition) is 3. The molecular formula is C15H13BrN2OS. The Balaban J connectivity index is 1.96. The number of fused-ring (bicyclic) bond motifs is 1. The van der Waals surface area contributed by atoms with Crippen molar-refractivity contribution in [1.29, 1.82) is 0 Å². The number of nitrogens with two attached hydrogens (primary N) is 1. The first-order valence-corrected chi connectivity index (χ1v) is 7.80. The van der Waals surface area contributed by atoms with Crippen molar-refractivity contribution in [3.8, 4) is 0 Å². The van der Waals surface area contributed by atoms with Crippen LogP contribution in [0.4, 0.5) is 5.69 Å². The topological polar surface area (TPSA) is 55.1 Å². The van der Waals surface area contributed by atoms with Crippen LogP contribution in [0.5, 0.6) is 0 Å². The third-order valence-electron chi connectivity index (χ3n) is 3.20. The molecule has 1 aliphatic rings. The highest BCUT2D eigenvalue weighted by atomic mass is 79.9. The van der Waals surface area contributed by atoms with Crippen molar-refractivity contribution in [3.05, 3.63) is 52.0 Å². The second-order valence-corrected chi connectivity index (χ2v) is 6.73. The minimum atomic E-state index is -0.570. The van der Waals surface area contributed by atoms with E-state index < -0.39 is 6.04 Å². The maximum absolute atomic E-state index is 11.6. The van der Waals surface area contributed by atoms with E-state index in [1.165, 1.54) is 10.5 Å². The summed E-state index contributed by atoms with van der Waals surface area (Å²) in [6.07, 6.45) is 0. The summed E-state index contributed by atoms with van der Waals surface area (Å²) in [5, 5.41) is 2.81. The average molecular weight is 349 g/mol. The molecule has 3 rings (SSSR count). The van der Waals surface area contributed by atoms with Crippen LogP contribution in [0.1, 0.15) is 17.2 Å². The molecule has 5 heteroatoms. The maximum atomic E-state index is 11.6. The molecule has 1 unspecified atom stereocenters. The lowest BCUT2D eigenvalue weighted by atomic mass is 10.1. The van der Waals surface area contributed by atoms with Crippen molar-refractivity contribution in [2.75, 3.05) is 5.32 Å². The van der Waals surface area contributed by atoms with E-state index in [2.05, 4.69) is 46.4 Å². The molecule has 0 bridgehead atoms. The van der Waals surface area contributed by atoms with Crippen molar-refractivity contribution in [1.82, 2.24) is 0 Å². The van der Waals surface area contributed by atoms with Gasteiger partial charge in [-0.15, -0.1) is 0 Å². The van der Waals surface area contributed by atoms with Gasteiger partial charge in [0.15, 0.2) is 0 Å². The number of aryl methyl sites for hydroxylation is 1. The quantitative estimate of drug-likeness (QED) is 0.866. The summed E-state index contributed by atoms with van der Waals surface area (Å²) >= 11 is 5.22. The lowest BCUT2D eigenvalue weighted by Gasteiger charge is -2.09. The second-order valence-electron chi connectivity index (χ2n) is 4.76. The molecule has 0 saturated carbocycles. The van der Waals surface area contributed by atoms with Gasteiger partial charge in [0.2, 0.25) is 5.91 Å². The van der Waals surface area contributed by atoms with Crippen LogP contribution in [0.15, 0.2) is 50.7 Å². The van der Waals surface area contributed by atoms with Crippen molar-refractivity contribution in [3.63, 3.8) is 0 Å². The number of amides is 1. The van der Waals surface area contributed by atoms with Gasteiger partial charge in [-0.3, -0.25) is 4.79 Å². The van der Waals surface area contributed by atoms with Gasteiger partial charge in [-0.2, -0.15) is 0 Å². The monoisotopic (exact) mass is 348 g/mol. The van der Waals surface area contributed by atoms with E-state index in [-0.39, 0.29) is 5.91 Å². The summed E-state index contributed by atoms with van der Waals surface area (Å²) < 4.78 is 0.953. The summed E-state index contributed by atoms with van der Waals surface area (Å²) in [6.45, 7) is 2.07. The zero-order valence-corrected chi connectivity index (χ0v) is 13.2. The Morgan fingerprint density at radius 2 is 2.10 bits per heavy atom. The van der Waals surface area contributed by atoms with Crippen molar-refractivity contribution in [2.45, 2.75) is 22.8 Å². The van der Waals surface area contributed by atoms with E-state index in [1.807, 2.05) is 18.2 Å². The minimum absolute atomic E-state index is 0.149. The van der Waals surface area contributed by atoms with Crippen LogP contribution in [-0.4, -0.2) is 5.91 Å². The van der Waals surface area contributed by atoms with E-state index in [1.54, 1.807) is 11.8 Å². The molecule has 0 saturated heterocycles. The van der Waals surface area contributed by atoms with Gasteiger partial charge in [0, 0.05) is 25.5 Å². The molecular weight excluding hydrogens is 336 g/mol. The van der Waals surface area contributed by atoms with Gasteiger partial charge in [-0.1, -0.05) is 29.5 Å². The number of carbonyl (C=O) groups excluding carboxylic acids is 1. The first kappa shape index (κ1) is 13.7. The molecule has 0 spiro atoms. The smallest absolute Gasteiger partial charge is 0.245 e. The number of hydrogen-bond donors (Lipinski definition) is 2. The molecule has 1 amide bonds. The first-order chi connectivity index (χ1) is 9.54. The molecule has 2 aromatic rings. The largest absolute Gasteiger partial charge is 0.324 e. The van der Waals surface area contributed by atoms with E-state index in [0.717, 1.165) is 20.6 Å². The molecule has 20 heavy (non-hydrogen) atoms. The Labute approximate surface area is 130 Å². The predicted molar refractivity (Wildman–Crippen MR) is 85.0 cm³/mol. The van der Waals surface area contributed by atoms with Gasteiger partial charge >= 0.3 is 0 Å². The average Bonchev–Trinajstić information content (AvgIpc) is 2.66. The minimum Gasteiger partial charge on any atom is -0.324 e. The Bertz CT molecular complexity index is 702. The van der Waals surface area contributed by atoms with Crippen LogP contribution in [-0.2, 0) is 4.79 Å². The molecule has 3 N–H and O–H groups in total. The van der Waals surface area contributed by atoms with Crippen LogP contribution >= 0.6 is 27.7 Å². The van der Waals surface area contributed by atoms with Gasteiger partial charge < -0.3 is 11.1 Å². The fourth-order valence-electron chi connectivity index (χ4n) is 2.17. The number of rotatable bonds is 2. The summed E-state index contributed by atoms with van der Waals surface area (Å²) in [5.74, 6) is -0.149. The van der Waals surface area contributed by atoms with Gasteiger partial charge in [0.25, 0.3) is 0 Å². The van der Waals surface area contributed by atoms with Gasteiger partial charge in [-0.05, 0) is 47.1 Å². The highest BCUT2D eigenvalue weighted by molar-refractivity contribution is 9.10. The third-order valence-corrected chi connectivity index (χ3v) is 5.16. The Morgan fingerprint density at radius 3 is 2.85 bits per heavy atom. The van der Waals surface area contributed by atoms with E-state index in [4.69, 9.17) is 5.73 Å². The lowest BCUT2D eigenvalue weighted by Crippen LogP contribution is -2.19. The SMILES string of the molecule is Cc1cccc(Sc2cc3c(cc2Br)C(N)C(=O)N3)c1. The van der Waals surface area contributed by atoms with E-state index >= 15 is 0 Å². The molecule has 0 aromatic heterocycles. The Morgan fingerprint density at radius 1 is 1.30 bits per heavy atom. The summed E-state index contributed by atoms with van der Waals surface area (Å²) in [5.41, 5.74) is 8.72. The van der Waals surface area contributed by atoms with E-state index in [0.29, 0.717) is 0 Å². The van der Waals surface area contributed by atoms with Crippen LogP contribution in [0.2, 0.25) is 0 Å². The van der Waals surface area contributed by atoms with Crippen LogP contribution in [0, 0.1) is 6.92 Å². The van der Waals surface area contributed by atoms with Crippen molar-refractivity contribution in [2.24, 2.45) is 5.73 Å². The lowest BCUT2D eigenvalue weighted by molar-refractivity contribution is -0.116. The fourth-order valence-corrected chi connectivity index (χ4v) is 3.75. The number of anilines is 1. The Kier molecular flexibility index (Phi) is 3.58. The van der Waals surface area contributed by atoms with Crippen LogP contribution in [0.25, 0.3) is 0 Å². The molecule has 0 aliphatic carbocycles. The molecule has 0 radical (unpaired) electrons. The summed E-state index contributed by atoms with van der Waals surface area (Å²) in [4.78, 5) is 13.8. The Hall–Kier alpha value is -1.30. The molecule has 0 fully saturated rings. The first-order valence-electron chi connectivity index (χ1n) is 6.19. The normalized spacial score (nSPS) is 16.9. The second kappa shape index (κ2) is 5.24.